The predicted octanol–water partition coefficient (Wildman–Crippen LogP) is 3.53. The Hall–Kier alpha value is -1.65. The Morgan fingerprint density at radius 3 is 2.84 bits per heavy atom. The van der Waals surface area contributed by atoms with Crippen LogP contribution in [0.25, 0.3) is 11.0 Å². The number of aryl methyl sites for hydroxylation is 1. The highest BCUT2D eigenvalue weighted by atomic mass is 16.3. The zero-order valence-electron chi connectivity index (χ0n) is 15.1. The van der Waals surface area contributed by atoms with Crippen molar-refractivity contribution in [3.05, 3.63) is 42.2 Å². The minimum atomic E-state index is -0.468. The molecule has 0 amide bonds. The van der Waals surface area contributed by atoms with Crippen molar-refractivity contribution in [2.45, 2.75) is 44.1 Å². The van der Waals surface area contributed by atoms with Crippen molar-refractivity contribution in [3.8, 4) is 0 Å². The van der Waals surface area contributed by atoms with E-state index in [1.54, 1.807) is 0 Å². The first-order chi connectivity index (χ1) is 12.1. The van der Waals surface area contributed by atoms with Crippen molar-refractivity contribution in [3.63, 3.8) is 0 Å². The number of nitrogens with one attached hydrogen (secondary N) is 1. The molecule has 0 saturated heterocycles. The molecular formula is C21H29N3O. The van der Waals surface area contributed by atoms with E-state index in [9.17, 15) is 5.11 Å². The van der Waals surface area contributed by atoms with E-state index < -0.39 is 5.60 Å². The fourth-order valence-corrected chi connectivity index (χ4v) is 4.52. The number of nitrogens with zero attached hydrogens (tertiary/aromatic N) is 2. The van der Waals surface area contributed by atoms with Gasteiger partial charge in [-0.3, -0.25) is 0 Å². The molecule has 2 N–H and O–H groups in total. The van der Waals surface area contributed by atoms with Crippen LogP contribution in [0.5, 0.6) is 0 Å². The molecule has 25 heavy (non-hydrogen) atoms. The third kappa shape index (κ3) is 3.65. The average molecular weight is 339 g/mol. The van der Waals surface area contributed by atoms with Gasteiger partial charge in [-0.25, -0.2) is 4.98 Å². The van der Waals surface area contributed by atoms with Crippen molar-refractivity contribution in [1.82, 2.24) is 14.9 Å². The highest BCUT2D eigenvalue weighted by Gasteiger charge is 2.43. The summed E-state index contributed by atoms with van der Waals surface area (Å²) in [6.07, 6.45) is 10.9. The Morgan fingerprint density at radius 1 is 1.24 bits per heavy atom. The van der Waals surface area contributed by atoms with Crippen LogP contribution in [0.1, 0.15) is 37.9 Å². The van der Waals surface area contributed by atoms with Gasteiger partial charge in [0.25, 0.3) is 0 Å². The number of H-pyrrole nitrogens is 1. The van der Waals surface area contributed by atoms with Gasteiger partial charge in [-0.2, -0.15) is 0 Å². The van der Waals surface area contributed by atoms with E-state index >= 15 is 0 Å². The lowest BCUT2D eigenvalue weighted by molar-refractivity contribution is -0.0599. The molecule has 0 aliphatic heterocycles. The van der Waals surface area contributed by atoms with Gasteiger partial charge in [0.15, 0.2) is 0 Å². The number of para-hydroxylation sites is 2. The van der Waals surface area contributed by atoms with Crippen molar-refractivity contribution in [2.75, 3.05) is 20.1 Å². The first-order valence-corrected chi connectivity index (χ1v) is 9.65. The number of aromatic amines is 1. The van der Waals surface area contributed by atoms with Crippen molar-refractivity contribution < 1.29 is 5.11 Å². The van der Waals surface area contributed by atoms with Gasteiger partial charge in [0.1, 0.15) is 5.82 Å². The van der Waals surface area contributed by atoms with E-state index in [0.29, 0.717) is 11.8 Å². The molecule has 3 atom stereocenters. The van der Waals surface area contributed by atoms with Crippen molar-refractivity contribution >= 4 is 11.0 Å². The maximum atomic E-state index is 11.0. The van der Waals surface area contributed by atoms with E-state index in [4.69, 9.17) is 0 Å². The maximum absolute atomic E-state index is 11.0. The molecule has 1 heterocycles. The van der Waals surface area contributed by atoms with Gasteiger partial charge in [0, 0.05) is 18.9 Å². The van der Waals surface area contributed by atoms with Gasteiger partial charge >= 0.3 is 0 Å². The summed E-state index contributed by atoms with van der Waals surface area (Å²) in [5.74, 6) is 2.05. The van der Waals surface area contributed by atoms with Crippen molar-refractivity contribution in [2.24, 2.45) is 11.8 Å². The molecule has 0 unspecified atom stereocenters. The molecule has 2 aromatic rings. The van der Waals surface area contributed by atoms with Gasteiger partial charge in [0.2, 0.25) is 0 Å². The molecule has 0 radical (unpaired) electrons. The van der Waals surface area contributed by atoms with Gasteiger partial charge in [-0.1, -0.05) is 24.3 Å². The van der Waals surface area contributed by atoms with Crippen LogP contribution in [0.2, 0.25) is 0 Å². The number of aromatic nitrogens is 2. The van der Waals surface area contributed by atoms with Gasteiger partial charge in [0.05, 0.1) is 16.6 Å². The quantitative estimate of drug-likeness (QED) is 0.759. The molecule has 5 rings (SSSR count). The lowest BCUT2D eigenvalue weighted by Crippen LogP contribution is -2.46. The smallest absolute Gasteiger partial charge is 0.107 e. The molecule has 2 bridgehead atoms. The van der Waals surface area contributed by atoms with E-state index in [2.05, 4.69) is 46.2 Å². The normalized spacial score (nSPS) is 28.3. The third-order valence-corrected chi connectivity index (χ3v) is 6.09. The summed E-state index contributed by atoms with van der Waals surface area (Å²) in [7, 11) is 2.17. The van der Waals surface area contributed by atoms with Gasteiger partial charge in [-0.05, 0) is 63.7 Å². The van der Waals surface area contributed by atoms with E-state index in [0.717, 1.165) is 62.1 Å². The zero-order valence-corrected chi connectivity index (χ0v) is 15.1. The standard InChI is InChI=1S/C21H29N3O/c1-24(14-12-21(25)15-16-8-10-17(21)11-9-16)13-4-7-20-22-18-5-2-3-6-19(18)23-20/h2-3,5-6,8,10,16-17,25H,4,7,9,11-15H2,1H3,(H,22,23)/t16-,17+,21+/m1/s1. The first kappa shape index (κ1) is 16.8. The zero-order chi connectivity index (χ0) is 17.3. The molecule has 134 valence electrons. The monoisotopic (exact) mass is 339 g/mol. The van der Waals surface area contributed by atoms with Crippen LogP contribution in [-0.4, -0.2) is 45.7 Å². The van der Waals surface area contributed by atoms with E-state index in [1.165, 1.54) is 6.42 Å². The van der Waals surface area contributed by atoms with Crippen LogP contribution >= 0.6 is 0 Å². The predicted molar refractivity (Wildman–Crippen MR) is 101 cm³/mol. The Kier molecular flexibility index (Phi) is 4.65. The molecule has 4 heteroatoms. The topological polar surface area (TPSA) is 52.2 Å². The molecule has 1 fully saturated rings. The number of imidazole rings is 1. The first-order valence-electron chi connectivity index (χ1n) is 9.65. The van der Waals surface area contributed by atoms with Gasteiger partial charge in [-0.15, -0.1) is 0 Å². The summed E-state index contributed by atoms with van der Waals surface area (Å²) in [4.78, 5) is 10.4. The Bertz CT molecular complexity index is 719. The summed E-state index contributed by atoms with van der Waals surface area (Å²) in [6.45, 7) is 2.00. The fraction of sp³-hybridized carbons (Fsp3) is 0.571. The molecule has 3 aliphatic rings. The number of hydrogen-bond acceptors (Lipinski definition) is 3. The Morgan fingerprint density at radius 2 is 2.12 bits per heavy atom. The number of hydrogen-bond donors (Lipinski definition) is 2. The van der Waals surface area contributed by atoms with E-state index in [1.807, 2.05) is 12.1 Å². The number of aliphatic hydroxyl groups is 1. The van der Waals surface area contributed by atoms with Crippen LogP contribution < -0.4 is 0 Å². The highest BCUT2D eigenvalue weighted by molar-refractivity contribution is 5.74. The summed E-state index contributed by atoms with van der Waals surface area (Å²) in [6, 6.07) is 8.19. The van der Waals surface area contributed by atoms with Crippen LogP contribution in [0.4, 0.5) is 0 Å². The van der Waals surface area contributed by atoms with Crippen LogP contribution in [0, 0.1) is 11.8 Å². The summed E-state index contributed by atoms with van der Waals surface area (Å²) < 4.78 is 0. The van der Waals surface area contributed by atoms with Crippen LogP contribution in [-0.2, 0) is 6.42 Å². The maximum Gasteiger partial charge on any atom is 0.107 e. The van der Waals surface area contributed by atoms with Crippen LogP contribution in [0.3, 0.4) is 0 Å². The van der Waals surface area contributed by atoms with Gasteiger partial charge < -0.3 is 15.0 Å². The summed E-state index contributed by atoms with van der Waals surface area (Å²) >= 11 is 0. The second-order valence-corrected chi connectivity index (χ2v) is 7.99. The molecule has 1 saturated carbocycles. The average Bonchev–Trinajstić information content (AvgIpc) is 3.04. The molecule has 4 nitrogen and oxygen atoms in total. The molecule has 3 aliphatic carbocycles. The SMILES string of the molecule is CN(CCCc1nc2ccccc2[nH]1)CC[C@]1(O)C[C@@H]2C=C[C@H]1CC2. The van der Waals surface area contributed by atoms with Crippen LogP contribution in [0.15, 0.2) is 36.4 Å². The van der Waals surface area contributed by atoms with Crippen molar-refractivity contribution in [1.29, 1.82) is 0 Å². The second kappa shape index (κ2) is 6.93. The lowest BCUT2D eigenvalue weighted by atomic mass is 9.65. The molecule has 0 spiro atoms. The highest BCUT2D eigenvalue weighted by Crippen LogP contribution is 2.44. The summed E-state index contributed by atoms with van der Waals surface area (Å²) in [5, 5.41) is 11.0. The molecular weight excluding hydrogens is 310 g/mol. The second-order valence-electron chi connectivity index (χ2n) is 7.99. The molecule has 1 aromatic heterocycles. The molecule has 1 aromatic carbocycles. The number of allylic oxidation sites excluding steroid dienone is 1. The Balaban J connectivity index is 1.23. The third-order valence-electron chi connectivity index (χ3n) is 6.09. The number of rotatable bonds is 7. The number of benzene rings is 1. The fourth-order valence-electron chi connectivity index (χ4n) is 4.52. The Labute approximate surface area is 150 Å². The lowest BCUT2D eigenvalue weighted by Gasteiger charge is -2.45. The largest absolute Gasteiger partial charge is 0.389 e. The minimum Gasteiger partial charge on any atom is -0.389 e. The number of fused-ring (bicyclic) bond motifs is 3. The summed E-state index contributed by atoms with van der Waals surface area (Å²) in [5.41, 5.74) is 1.70. The van der Waals surface area contributed by atoms with E-state index in [-0.39, 0.29) is 0 Å². The minimum absolute atomic E-state index is 0.376.